The largest absolute Gasteiger partial charge is 0.480 e. The average molecular weight is 288 g/mol. The molecule has 2 heterocycles. The molecule has 3 rings (SSSR count). The topological polar surface area (TPSA) is 70.5 Å². The number of carbonyl (C=O) groups is 2. The maximum atomic E-state index is 12.6. The summed E-state index contributed by atoms with van der Waals surface area (Å²) >= 11 is 1.44. The molecule has 1 N–H and O–H groups in total. The number of hydrogen-bond donors (Lipinski definition) is 1. The zero-order chi connectivity index (χ0) is 14.1. The van der Waals surface area contributed by atoms with Crippen LogP contribution in [0.1, 0.15) is 10.5 Å². The van der Waals surface area contributed by atoms with Crippen molar-refractivity contribution in [1.29, 1.82) is 0 Å². The lowest BCUT2D eigenvalue weighted by molar-refractivity contribution is -0.140. The summed E-state index contributed by atoms with van der Waals surface area (Å²) in [6, 6.07) is 8.53. The van der Waals surface area contributed by atoms with Gasteiger partial charge in [0.05, 0.1) is 5.88 Å². The smallest absolute Gasteiger partial charge is 0.327 e. The van der Waals surface area contributed by atoms with Crippen molar-refractivity contribution in [2.75, 3.05) is 11.6 Å². The first-order valence-electron chi connectivity index (χ1n) is 6.14. The number of carboxylic acid groups (broad SMARTS) is 1. The zero-order valence-corrected chi connectivity index (χ0v) is 11.3. The molecule has 20 heavy (non-hydrogen) atoms. The Bertz CT molecular complexity index is 684. The van der Waals surface area contributed by atoms with Gasteiger partial charge in [-0.05, 0) is 11.5 Å². The molecule has 0 spiro atoms. The molecule has 102 valence electrons. The third kappa shape index (κ3) is 2.12. The minimum Gasteiger partial charge on any atom is -0.480 e. The van der Waals surface area contributed by atoms with Crippen LogP contribution in [-0.2, 0) is 4.79 Å². The van der Waals surface area contributed by atoms with E-state index in [9.17, 15) is 9.59 Å². The second kappa shape index (κ2) is 5.13. The quantitative estimate of drug-likeness (QED) is 0.913. The number of aromatic nitrogens is 1. The highest BCUT2D eigenvalue weighted by Crippen LogP contribution is 2.25. The van der Waals surface area contributed by atoms with Crippen LogP contribution >= 0.6 is 11.8 Å². The number of nitrogens with zero attached hydrogens (tertiary/aromatic N) is 2. The summed E-state index contributed by atoms with van der Waals surface area (Å²) in [7, 11) is 0. The molecule has 0 bridgehead atoms. The molecular formula is C14H12N2O3S. The number of amides is 1. The Hall–Kier alpha value is -2.08. The molecular weight excluding hydrogens is 276 g/mol. The Morgan fingerprint density at radius 3 is 2.90 bits per heavy atom. The highest BCUT2D eigenvalue weighted by molar-refractivity contribution is 7.99. The Kier molecular flexibility index (Phi) is 3.31. The second-order valence-corrected chi connectivity index (χ2v) is 5.51. The summed E-state index contributed by atoms with van der Waals surface area (Å²) in [5.41, 5.74) is 0.317. The Morgan fingerprint density at radius 1 is 1.30 bits per heavy atom. The zero-order valence-electron chi connectivity index (χ0n) is 10.5. The molecule has 1 aliphatic heterocycles. The maximum absolute atomic E-state index is 12.6. The van der Waals surface area contributed by atoms with E-state index in [0.717, 1.165) is 10.8 Å². The third-order valence-corrected chi connectivity index (χ3v) is 4.32. The van der Waals surface area contributed by atoms with E-state index >= 15 is 0 Å². The second-order valence-electron chi connectivity index (χ2n) is 4.51. The number of carbonyl (C=O) groups excluding carboxylic acids is 1. The summed E-state index contributed by atoms with van der Waals surface area (Å²) in [6.45, 7) is 0. The first-order valence-corrected chi connectivity index (χ1v) is 7.29. The van der Waals surface area contributed by atoms with Gasteiger partial charge in [0.2, 0.25) is 0 Å². The molecule has 1 saturated heterocycles. The van der Waals surface area contributed by atoms with Crippen molar-refractivity contribution in [2.45, 2.75) is 6.04 Å². The van der Waals surface area contributed by atoms with E-state index in [1.807, 2.05) is 30.3 Å². The molecule has 5 nitrogen and oxygen atoms in total. The fourth-order valence-electron chi connectivity index (χ4n) is 2.27. The van der Waals surface area contributed by atoms with E-state index < -0.39 is 12.0 Å². The number of rotatable bonds is 2. The van der Waals surface area contributed by atoms with E-state index in [4.69, 9.17) is 5.11 Å². The minimum absolute atomic E-state index is 0.317. The minimum atomic E-state index is -0.969. The van der Waals surface area contributed by atoms with Crippen LogP contribution in [0.15, 0.2) is 36.5 Å². The number of aliphatic carboxylic acids is 1. The highest BCUT2D eigenvalue weighted by Gasteiger charge is 2.35. The molecule has 0 saturated carbocycles. The first kappa shape index (κ1) is 12.9. The standard InChI is InChI=1S/C14H12N2O3S/c17-13(16-8-20-7-11(16)14(18)19)12-10-4-2-1-3-9(10)5-6-15-12/h1-6,11H,7-8H2,(H,18,19)/t11-/m0/s1. The summed E-state index contributed by atoms with van der Waals surface area (Å²) in [5, 5.41) is 10.8. The lowest BCUT2D eigenvalue weighted by atomic mass is 10.1. The fraction of sp³-hybridized carbons (Fsp3) is 0.214. The van der Waals surface area contributed by atoms with Crippen molar-refractivity contribution in [3.05, 3.63) is 42.2 Å². The Morgan fingerprint density at radius 2 is 2.10 bits per heavy atom. The Balaban J connectivity index is 2.03. The number of carboxylic acids is 1. The summed E-state index contributed by atoms with van der Waals surface area (Å²) in [6.07, 6.45) is 1.58. The van der Waals surface area contributed by atoms with Gasteiger partial charge in [-0.3, -0.25) is 9.78 Å². The summed E-state index contributed by atoms with van der Waals surface area (Å²) < 4.78 is 0. The van der Waals surface area contributed by atoms with E-state index in [2.05, 4.69) is 4.98 Å². The van der Waals surface area contributed by atoms with Crippen molar-refractivity contribution in [3.8, 4) is 0 Å². The fourth-order valence-corrected chi connectivity index (χ4v) is 3.42. The van der Waals surface area contributed by atoms with Gasteiger partial charge in [0.1, 0.15) is 11.7 Å². The van der Waals surface area contributed by atoms with Crippen LogP contribution in [0.25, 0.3) is 10.8 Å². The van der Waals surface area contributed by atoms with Gasteiger partial charge in [-0.1, -0.05) is 24.3 Å². The van der Waals surface area contributed by atoms with E-state index in [1.165, 1.54) is 16.7 Å². The molecule has 1 aliphatic rings. The Labute approximate surface area is 119 Å². The van der Waals surface area contributed by atoms with E-state index in [-0.39, 0.29) is 5.91 Å². The molecule has 1 aromatic carbocycles. The van der Waals surface area contributed by atoms with Crippen LogP contribution in [0.2, 0.25) is 0 Å². The van der Waals surface area contributed by atoms with Gasteiger partial charge < -0.3 is 10.0 Å². The third-order valence-electron chi connectivity index (χ3n) is 3.30. The predicted octanol–water partition coefficient (Wildman–Crippen LogP) is 1.83. The monoisotopic (exact) mass is 288 g/mol. The first-order chi connectivity index (χ1) is 9.68. The van der Waals surface area contributed by atoms with Gasteiger partial charge >= 0.3 is 5.97 Å². The van der Waals surface area contributed by atoms with E-state index in [0.29, 0.717) is 17.3 Å². The molecule has 1 fully saturated rings. The number of thioether (sulfide) groups is 1. The number of benzene rings is 1. The van der Waals surface area contributed by atoms with Gasteiger partial charge in [-0.25, -0.2) is 4.79 Å². The summed E-state index contributed by atoms with van der Waals surface area (Å²) in [5.74, 6) is -0.477. The van der Waals surface area contributed by atoms with Crippen molar-refractivity contribution >= 4 is 34.4 Å². The SMILES string of the molecule is O=C(O)[C@@H]1CSCN1C(=O)c1nccc2ccccc12. The van der Waals surface area contributed by atoms with Gasteiger partial charge in [-0.15, -0.1) is 11.8 Å². The molecule has 2 aromatic rings. The highest BCUT2D eigenvalue weighted by atomic mass is 32.2. The normalized spacial score (nSPS) is 18.4. The van der Waals surface area contributed by atoms with Crippen molar-refractivity contribution < 1.29 is 14.7 Å². The van der Waals surface area contributed by atoms with Gasteiger partial charge in [0.25, 0.3) is 5.91 Å². The number of hydrogen-bond acceptors (Lipinski definition) is 4. The van der Waals surface area contributed by atoms with E-state index in [1.54, 1.807) is 6.20 Å². The molecule has 0 aliphatic carbocycles. The van der Waals surface area contributed by atoms with Crippen LogP contribution < -0.4 is 0 Å². The lowest BCUT2D eigenvalue weighted by Crippen LogP contribution is -2.42. The molecule has 0 unspecified atom stereocenters. The van der Waals surface area contributed by atoms with Crippen molar-refractivity contribution in [1.82, 2.24) is 9.88 Å². The predicted molar refractivity (Wildman–Crippen MR) is 76.7 cm³/mol. The van der Waals surface area contributed by atoms with Gasteiger partial charge in [0, 0.05) is 17.3 Å². The molecule has 1 atom stereocenters. The van der Waals surface area contributed by atoms with Crippen LogP contribution in [-0.4, -0.2) is 44.5 Å². The molecule has 0 radical (unpaired) electrons. The molecule has 6 heteroatoms. The van der Waals surface area contributed by atoms with Crippen molar-refractivity contribution in [2.24, 2.45) is 0 Å². The maximum Gasteiger partial charge on any atom is 0.327 e. The average Bonchev–Trinajstić information content (AvgIpc) is 2.95. The number of fused-ring (bicyclic) bond motifs is 1. The van der Waals surface area contributed by atoms with Crippen LogP contribution in [0.3, 0.4) is 0 Å². The van der Waals surface area contributed by atoms with Gasteiger partial charge in [0.15, 0.2) is 0 Å². The molecule has 1 amide bonds. The van der Waals surface area contributed by atoms with Crippen LogP contribution in [0.5, 0.6) is 0 Å². The van der Waals surface area contributed by atoms with Crippen molar-refractivity contribution in [3.63, 3.8) is 0 Å². The number of pyridine rings is 1. The lowest BCUT2D eigenvalue weighted by Gasteiger charge is -2.20. The van der Waals surface area contributed by atoms with Crippen LogP contribution in [0.4, 0.5) is 0 Å². The summed E-state index contributed by atoms with van der Waals surface area (Å²) in [4.78, 5) is 29.3. The van der Waals surface area contributed by atoms with Crippen LogP contribution in [0, 0.1) is 0 Å². The van der Waals surface area contributed by atoms with Gasteiger partial charge in [-0.2, -0.15) is 0 Å². The molecule has 1 aromatic heterocycles.